The maximum atomic E-state index is 4.18. The normalized spacial score (nSPS) is 11.3. The number of nitrogens with zero attached hydrogens (tertiary/aromatic N) is 1. The van der Waals surface area contributed by atoms with Crippen molar-refractivity contribution >= 4 is 54.0 Å². The second-order valence-corrected chi connectivity index (χ2v) is 7.61. The maximum absolute atomic E-state index is 4.18. The van der Waals surface area contributed by atoms with E-state index in [2.05, 4.69) is 89.9 Å². The minimum Gasteiger partial charge on any atom is -0.256 e. The third-order valence-corrected chi connectivity index (χ3v) is 5.91. The van der Waals surface area contributed by atoms with Crippen molar-refractivity contribution in [3.05, 3.63) is 115 Å². The molecule has 7 rings (SSSR count). The Labute approximate surface area is 174 Å². The van der Waals surface area contributed by atoms with Gasteiger partial charge in [-0.25, -0.2) is 0 Å². The summed E-state index contributed by atoms with van der Waals surface area (Å²) in [5.41, 5.74) is 1.06. The van der Waals surface area contributed by atoms with E-state index in [4.69, 9.17) is 0 Å². The van der Waals surface area contributed by atoms with E-state index in [1.54, 1.807) is 0 Å². The molecule has 1 heteroatoms. The molecule has 7 aromatic rings. The summed E-state index contributed by atoms with van der Waals surface area (Å²) in [7, 11) is 0. The van der Waals surface area contributed by atoms with Crippen molar-refractivity contribution in [2.75, 3.05) is 0 Å². The second-order valence-electron chi connectivity index (χ2n) is 7.61. The van der Waals surface area contributed by atoms with Gasteiger partial charge >= 0.3 is 0 Å². The van der Waals surface area contributed by atoms with Crippen molar-refractivity contribution in [1.29, 1.82) is 0 Å². The van der Waals surface area contributed by atoms with Gasteiger partial charge in [-0.3, -0.25) is 4.98 Å². The summed E-state index contributed by atoms with van der Waals surface area (Å²) in [6.45, 7) is 0. The maximum Gasteiger partial charge on any atom is 0.0701 e. The molecule has 140 valence electrons. The summed E-state index contributed by atoms with van der Waals surface area (Å²) in [4.78, 5) is 4.18. The van der Waals surface area contributed by atoms with Gasteiger partial charge in [0, 0.05) is 11.6 Å². The quantitative estimate of drug-likeness (QED) is 0.192. The number of hydrogen-bond donors (Lipinski definition) is 0. The van der Waals surface area contributed by atoms with Crippen molar-refractivity contribution in [3.63, 3.8) is 0 Å². The van der Waals surface area contributed by atoms with Crippen LogP contribution in [0.5, 0.6) is 0 Å². The van der Waals surface area contributed by atoms with E-state index < -0.39 is 0 Å². The van der Waals surface area contributed by atoms with Crippen molar-refractivity contribution in [3.8, 4) is 0 Å². The van der Waals surface area contributed by atoms with E-state index in [1.165, 1.54) is 48.5 Å². The van der Waals surface area contributed by atoms with Crippen LogP contribution < -0.4 is 0 Å². The lowest BCUT2D eigenvalue weighted by Crippen LogP contribution is -1.86. The average Bonchev–Trinajstić information content (AvgIpc) is 2.84. The Morgan fingerprint density at radius 2 is 0.867 bits per heavy atom. The average molecular weight is 381 g/mol. The van der Waals surface area contributed by atoms with Crippen molar-refractivity contribution in [1.82, 2.24) is 4.98 Å². The SMILES string of the molecule is c1ccc2c(c1)c1cccc3ccc4cccc2c4c31.c1ccc2ncccc2c1. The molecule has 0 saturated carbocycles. The molecule has 0 atom stereocenters. The molecule has 0 aliphatic rings. The topological polar surface area (TPSA) is 12.9 Å². The predicted octanol–water partition coefficient (Wildman–Crippen LogP) is 7.97. The van der Waals surface area contributed by atoms with Crippen LogP contribution in [0.2, 0.25) is 0 Å². The molecule has 0 amide bonds. The molecular formula is C29H19N. The molecule has 0 aliphatic carbocycles. The Hall–Kier alpha value is -3.97. The zero-order valence-electron chi connectivity index (χ0n) is 16.4. The van der Waals surface area contributed by atoms with Crippen LogP contribution in [0.4, 0.5) is 0 Å². The van der Waals surface area contributed by atoms with Crippen LogP contribution in [-0.4, -0.2) is 4.98 Å². The minimum atomic E-state index is 1.06. The first-order chi connectivity index (χ1) is 14.9. The molecule has 6 aromatic carbocycles. The van der Waals surface area contributed by atoms with Crippen molar-refractivity contribution in [2.45, 2.75) is 0 Å². The van der Waals surface area contributed by atoms with Gasteiger partial charge < -0.3 is 0 Å². The molecule has 0 fully saturated rings. The van der Waals surface area contributed by atoms with E-state index in [1.807, 2.05) is 30.5 Å². The van der Waals surface area contributed by atoms with Crippen LogP contribution in [0.1, 0.15) is 0 Å². The molecule has 1 aromatic heterocycles. The number of fused-ring (bicyclic) bond motifs is 4. The highest BCUT2D eigenvalue weighted by molar-refractivity contribution is 6.33. The summed E-state index contributed by atoms with van der Waals surface area (Å²) in [6, 6.07) is 38.5. The largest absolute Gasteiger partial charge is 0.256 e. The number of hydrogen-bond acceptors (Lipinski definition) is 1. The van der Waals surface area contributed by atoms with E-state index in [0.717, 1.165) is 5.52 Å². The summed E-state index contributed by atoms with van der Waals surface area (Å²) < 4.78 is 0. The molecule has 0 unspecified atom stereocenters. The first-order valence-electron chi connectivity index (χ1n) is 10.2. The standard InChI is InChI=1S/C20H12.C9H7N/c1-2-8-16-15(7-1)17-9-3-5-13-11-12-14-6-4-10-18(16)20(14)19(13)17;1-2-6-9-8(4-1)5-3-7-10-9/h1-12H;1-7H. The van der Waals surface area contributed by atoms with E-state index in [-0.39, 0.29) is 0 Å². The Kier molecular flexibility index (Phi) is 3.85. The number of pyridine rings is 1. The van der Waals surface area contributed by atoms with Gasteiger partial charge in [-0.1, -0.05) is 97.1 Å². The van der Waals surface area contributed by atoms with Crippen molar-refractivity contribution in [2.24, 2.45) is 0 Å². The van der Waals surface area contributed by atoms with Gasteiger partial charge in [-0.15, -0.1) is 0 Å². The van der Waals surface area contributed by atoms with Gasteiger partial charge in [0.05, 0.1) is 5.52 Å². The van der Waals surface area contributed by atoms with Crippen molar-refractivity contribution < 1.29 is 0 Å². The lowest BCUT2D eigenvalue weighted by molar-refractivity contribution is 1.41. The molecule has 1 nitrogen and oxygen atoms in total. The first kappa shape index (κ1) is 16.9. The van der Waals surface area contributed by atoms with Gasteiger partial charge in [0.15, 0.2) is 0 Å². The van der Waals surface area contributed by atoms with Gasteiger partial charge in [-0.2, -0.15) is 0 Å². The second kappa shape index (κ2) is 6.82. The summed E-state index contributed by atoms with van der Waals surface area (Å²) in [5, 5.41) is 12.1. The van der Waals surface area contributed by atoms with E-state index >= 15 is 0 Å². The van der Waals surface area contributed by atoms with Gasteiger partial charge in [0.2, 0.25) is 0 Å². The first-order valence-corrected chi connectivity index (χ1v) is 10.2. The third-order valence-electron chi connectivity index (χ3n) is 5.91. The molecule has 30 heavy (non-hydrogen) atoms. The molecule has 0 radical (unpaired) electrons. The Morgan fingerprint density at radius 1 is 0.367 bits per heavy atom. The van der Waals surface area contributed by atoms with Gasteiger partial charge in [-0.05, 0) is 55.2 Å². The lowest BCUT2D eigenvalue weighted by atomic mass is 9.89. The fourth-order valence-corrected chi connectivity index (χ4v) is 4.57. The van der Waals surface area contributed by atoms with Crippen LogP contribution in [-0.2, 0) is 0 Å². The number of benzene rings is 6. The third kappa shape index (κ3) is 2.60. The summed E-state index contributed by atoms with van der Waals surface area (Å²) in [5.74, 6) is 0. The highest BCUT2D eigenvalue weighted by Crippen LogP contribution is 2.40. The number of rotatable bonds is 0. The van der Waals surface area contributed by atoms with E-state index in [9.17, 15) is 0 Å². The predicted molar refractivity (Wildman–Crippen MR) is 129 cm³/mol. The smallest absolute Gasteiger partial charge is 0.0701 e. The van der Waals surface area contributed by atoms with Crippen LogP contribution >= 0.6 is 0 Å². The van der Waals surface area contributed by atoms with Crippen LogP contribution in [0, 0.1) is 0 Å². The fourth-order valence-electron chi connectivity index (χ4n) is 4.57. The van der Waals surface area contributed by atoms with Gasteiger partial charge in [0.25, 0.3) is 0 Å². The van der Waals surface area contributed by atoms with Crippen LogP contribution in [0.3, 0.4) is 0 Å². The molecule has 0 bridgehead atoms. The molecule has 1 heterocycles. The Morgan fingerprint density at radius 3 is 1.50 bits per heavy atom. The Bertz CT molecular complexity index is 1490. The van der Waals surface area contributed by atoms with Crippen LogP contribution in [0.15, 0.2) is 115 Å². The highest BCUT2D eigenvalue weighted by atomic mass is 14.6. The van der Waals surface area contributed by atoms with Crippen LogP contribution in [0.25, 0.3) is 54.0 Å². The fraction of sp³-hybridized carbons (Fsp3) is 0. The lowest BCUT2D eigenvalue weighted by Gasteiger charge is -2.14. The number of para-hydroxylation sites is 1. The Balaban J connectivity index is 0.000000147. The minimum absolute atomic E-state index is 1.06. The molecule has 0 N–H and O–H groups in total. The summed E-state index contributed by atoms with van der Waals surface area (Å²) in [6.07, 6.45) is 1.81. The molecular weight excluding hydrogens is 362 g/mol. The molecule has 0 saturated heterocycles. The monoisotopic (exact) mass is 381 g/mol. The highest BCUT2D eigenvalue weighted by Gasteiger charge is 2.11. The zero-order valence-corrected chi connectivity index (χ0v) is 16.4. The van der Waals surface area contributed by atoms with E-state index in [0.29, 0.717) is 0 Å². The summed E-state index contributed by atoms with van der Waals surface area (Å²) >= 11 is 0. The number of aromatic nitrogens is 1. The molecule has 0 spiro atoms. The zero-order chi connectivity index (χ0) is 19.9. The molecule has 0 aliphatic heterocycles. The van der Waals surface area contributed by atoms with Gasteiger partial charge in [0.1, 0.15) is 0 Å².